The lowest BCUT2D eigenvalue weighted by atomic mass is 9.51. The highest BCUT2D eigenvalue weighted by molar-refractivity contribution is 7.86. The fraction of sp³-hybridized carbons (Fsp3) is 0.607. The first-order valence-electron chi connectivity index (χ1n) is 12.6. The van der Waals surface area contributed by atoms with Gasteiger partial charge in [-0.15, -0.1) is 0 Å². The highest BCUT2D eigenvalue weighted by Crippen LogP contribution is 2.69. The van der Waals surface area contributed by atoms with Gasteiger partial charge < -0.3 is 5.32 Å². The number of rotatable bonds is 2. The van der Waals surface area contributed by atoms with Crippen LogP contribution in [0.5, 0.6) is 0 Å². The molecule has 4 aliphatic carbocycles. The molecule has 3 fully saturated rings. The summed E-state index contributed by atoms with van der Waals surface area (Å²) in [6.07, 6.45) is 11.5. The minimum Gasteiger partial charge on any atom is -0.388 e. The molecule has 1 N–H and O–H groups in total. The Labute approximate surface area is 194 Å². The Balaban J connectivity index is 1.52. The molecule has 0 aromatic heterocycles. The van der Waals surface area contributed by atoms with E-state index in [4.69, 9.17) is 0 Å². The number of hydrogen-bond donors (Lipinski definition) is 1. The minimum atomic E-state index is -0.698. The first-order chi connectivity index (χ1) is 15.5. The Bertz CT molecular complexity index is 1050. The van der Waals surface area contributed by atoms with Crippen molar-refractivity contribution in [1.29, 1.82) is 0 Å². The standard InChI is InChI=1S/C28H35NO2S/c1-27-17-24(18-4-7-20(29-2)8-5-18)26-22-11-9-21(30)16-19(22)6-10-23(26)25(27)12-14-28(27)13-3-15-32(28)31/h4-5,7-8,16,23-25,29H,3,6,9-15,17H2,1-2H3/t23?,24-,25?,27+,28+,32?/m1/s1. The molecule has 0 amide bonds. The maximum absolute atomic E-state index is 13.5. The summed E-state index contributed by atoms with van der Waals surface area (Å²) in [6.45, 7) is 2.51. The lowest BCUT2D eigenvalue weighted by Gasteiger charge is -2.55. The van der Waals surface area contributed by atoms with Crippen LogP contribution in [-0.2, 0) is 15.6 Å². The summed E-state index contributed by atoms with van der Waals surface area (Å²) in [5.74, 6) is 2.81. The highest BCUT2D eigenvalue weighted by atomic mass is 32.2. The number of fused-ring (bicyclic) bond motifs is 5. The average molecular weight is 450 g/mol. The number of ketones is 1. The molecule has 0 bridgehead atoms. The number of anilines is 1. The second-order valence-electron chi connectivity index (χ2n) is 11.1. The monoisotopic (exact) mass is 449 g/mol. The smallest absolute Gasteiger partial charge is 0.156 e. The van der Waals surface area contributed by atoms with Crippen molar-refractivity contribution in [3.05, 3.63) is 52.6 Å². The molecule has 5 aliphatic rings. The zero-order chi connectivity index (χ0) is 22.1. The summed E-state index contributed by atoms with van der Waals surface area (Å²) < 4.78 is 13.5. The summed E-state index contributed by atoms with van der Waals surface area (Å²) in [4.78, 5) is 12.2. The maximum Gasteiger partial charge on any atom is 0.156 e. The van der Waals surface area contributed by atoms with E-state index in [0.717, 1.165) is 56.4 Å². The third-order valence-electron chi connectivity index (χ3n) is 9.97. The van der Waals surface area contributed by atoms with Crippen LogP contribution in [0.25, 0.3) is 0 Å². The van der Waals surface area contributed by atoms with Crippen LogP contribution >= 0.6 is 0 Å². The molecule has 1 spiro atoms. The molecule has 6 rings (SSSR count). The van der Waals surface area contributed by atoms with Crippen LogP contribution in [0.3, 0.4) is 0 Å². The van der Waals surface area contributed by atoms with Crippen LogP contribution in [-0.4, -0.2) is 27.5 Å². The first-order valence-corrected chi connectivity index (χ1v) is 13.9. The minimum absolute atomic E-state index is 0.0235. The summed E-state index contributed by atoms with van der Waals surface area (Å²) in [6, 6.07) is 9.02. The van der Waals surface area contributed by atoms with Gasteiger partial charge in [0.05, 0.1) is 4.75 Å². The van der Waals surface area contributed by atoms with Gasteiger partial charge in [-0.05, 0) is 104 Å². The number of hydrogen-bond acceptors (Lipinski definition) is 3. The second kappa shape index (κ2) is 7.41. The molecule has 2 saturated carbocycles. The Morgan fingerprint density at radius 3 is 2.59 bits per heavy atom. The lowest BCUT2D eigenvalue weighted by Crippen LogP contribution is -2.52. The van der Waals surface area contributed by atoms with Crippen LogP contribution in [0, 0.1) is 17.3 Å². The van der Waals surface area contributed by atoms with Crippen molar-refractivity contribution in [1.82, 2.24) is 0 Å². The normalized spacial score (nSPS) is 40.7. The van der Waals surface area contributed by atoms with Gasteiger partial charge in [-0.25, -0.2) is 0 Å². The van der Waals surface area contributed by atoms with Gasteiger partial charge in [0.1, 0.15) is 0 Å². The number of nitrogens with one attached hydrogen (secondary N) is 1. The van der Waals surface area contributed by atoms with Gasteiger partial charge in [-0.3, -0.25) is 9.00 Å². The topological polar surface area (TPSA) is 46.2 Å². The average Bonchev–Trinajstić information content (AvgIpc) is 3.33. The fourth-order valence-corrected chi connectivity index (χ4v) is 10.8. The van der Waals surface area contributed by atoms with Crippen LogP contribution in [0.4, 0.5) is 5.69 Å². The Morgan fingerprint density at radius 1 is 1.06 bits per heavy atom. The van der Waals surface area contributed by atoms with Gasteiger partial charge in [0.25, 0.3) is 0 Å². The number of allylic oxidation sites excluding steroid dienone is 4. The van der Waals surface area contributed by atoms with Gasteiger partial charge in [0.2, 0.25) is 0 Å². The van der Waals surface area contributed by atoms with Crippen molar-refractivity contribution in [3.8, 4) is 0 Å². The predicted octanol–water partition coefficient (Wildman–Crippen LogP) is 5.91. The van der Waals surface area contributed by atoms with E-state index in [2.05, 4.69) is 36.5 Å². The second-order valence-corrected chi connectivity index (χ2v) is 12.9. The highest BCUT2D eigenvalue weighted by Gasteiger charge is 2.66. The predicted molar refractivity (Wildman–Crippen MR) is 131 cm³/mol. The third-order valence-corrected chi connectivity index (χ3v) is 12.4. The van der Waals surface area contributed by atoms with E-state index in [1.165, 1.54) is 23.1 Å². The zero-order valence-corrected chi connectivity index (χ0v) is 20.2. The van der Waals surface area contributed by atoms with Gasteiger partial charge >= 0.3 is 0 Å². The van der Waals surface area contributed by atoms with Crippen molar-refractivity contribution in [2.24, 2.45) is 17.3 Å². The molecule has 1 heterocycles. The molecular weight excluding hydrogens is 414 g/mol. The number of benzene rings is 1. The lowest BCUT2D eigenvalue weighted by molar-refractivity contribution is -0.114. The molecule has 3 unspecified atom stereocenters. The van der Waals surface area contributed by atoms with Crippen molar-refractivity contribution in [2.75, 3.05) is 18.1 Å². The van der Waals surface area contributed by atoms with E-state index in [1.807, 2.05) is 13.1 Å². The van der Waals surface area contributed by atoms with Crippen molar-refractivity contribution >= 4 is 22.3 Å². The summed E-state index contributed by atoms with van der Waals surface area (Å²) in [5.41, 5.74) is 7.17. The first kappa shape index (κ1) is 20.9. The van der Waals surface area contributed by atoms with Gasteiger partial charge in [0, 0.05) is 41.6 Å². The molecule has 1 aromatic carbocycles. The van der Waals surface area contributed by atoms with Crippen LogP contribution < -0.4 is 5.32 Å². The summed E-state index contributed by atoms with van der Waals surface area (Å²) in [7, 11) is 1.27. The maximum atomic E-state index is 13.5. The number of carbonyl (C=O) groups excluding carboxylic acids is 1. The van der Waals surface area contributed by atoms with Crippen molar-refractivity contribution in [2.45, 2.75) is 75.4 Å². The Morgan fingerprint density at radius 2 is 1.88 bits per heavy atom. The van der Waals surface area contributed by atoms with Crippen molar-refractivity contribution in [3.63, 3.8) is 0 Å². The Kier molecular flexibility index (Phi) is 4.84. The van der Waals surface area contributed by atoms with E-state index in [0.29, 0.717) is 30.0 Å². The molecular formula is C28H35NO2S. The SMILES string of the molecule is CNc1ccc([C@H]2C[C@@]3(C)C(CC[C@@]34CCCS4=O)C3CCC4=CC(=O)CCC4=C32)cc1. The molecule has 4 heteroatoms. The molecule has 1 aromatic rings. The fourth-order valence-electron chi connectivity index (χ4n) is 8.50. The van der Waals surface area contributed by atoms with Crippen LogP contribution in [0.1, 0.15) is 76.2 Å². The summed E-state index contributed by atoms with van der Waals surface area (Å²) in [5, 5.41) is 3.25. The molecule has 1 saturated heterocycles. The molecule has 32 heavy (non-hydrogen) atoms. The van der Waals surface area contributed by atoms with Crippen LogP contribution in [0.2, 0.25) is 0 Å². The zero-order valence-electron chi connectivity index (χ0n) is 19.4. The molecule has 1 aliphatic heterocycles. The molecule has 3 nitrogen and oxygen atoms in total. The number of carbonyl (C=O) groups is 1. The molecule has 6 atom stereocenters. The quantitative estimate of drug-likeness (QED) is 0.611. The Hall–Kier alpha value is -1.68. The van der Waals surface area contributed by atoms with E-state index in [9.17, 15) is 9.00 Å². The van der Waals surface area contributed by atoms with Gasteiger partial charge in [-0.1, -0.05) is 24.6 Å². The van der Waals surface area contributed by atoms with Gasteiger partial charge in [0.15, 0.2) is 5.78 Å². The largest absolute Gasteiger partial charge is 0.388 e. The van der Waals surface area contributed by atoms with E-state index in [1.54, 1.807) is 5.57 Å². The summed E-state index contributed by atoms with van der Waals surface area (Å²) >= 11 is 0. The van der Waals surface area contributed by atoms with E-state index in [-0.39, 0.29) is 10.2 Å². The molecule has 170 valence electrons. The van der Waals surface area contributed by atoms with E-state index < -0.39 is 10.8 Å². The van der Waals surface area contributed by atoms with E-state index >= 15 is 0 Å². The molecule has 0 radical (unpaired) electrons. The van der Waals surface area contributed by atoms with Crippen LogP contribution in [0.15, 0.2) is 47.1 Å². The van der Waals surface area contributed by atoms with Crippen molar-refractivity contribution < 1.29 is 9.00 Å². The van der Waals surface area contributed by atoms with Gasteiger partial charge in [-0.2, -0.15) is 0 Å². The third kappa shape index (κ3) is 2.77.